The molecule has 0 bridgehead atoms. The van der Waals surface area contributed by atoms with E-state index in [-0.39, 0.29) is 11.8 Å². The Morgan fingerprint density at radius 2 is 2.00 bits per heavy atom. The average Bonchev–Trinajstić information content (AvgIpc) is 3.04. The monoisotopic (exact) mass is 312 g/mol. The summed E-state index contributed by atoms with van der Waals surface area (Å²) < 4.78 is 0. The van der Waals surface area contributed by atoms with Gasteiger partial charge >= 0.3 is 0 Å². The molecule has 0 unspecified atom stereocenters. The molecule has 7 nitrogen and oxygen atoms in total. The standard InChI is InChI=1S/C16H20N6O/c1-11-4-6-17-14(20-11)12-5-7-22(10-12)15(23)13-8-18-16(19-9-13)21(2)3/h4,6,8-9,12H,5,7,10H2,1-3H3/t12-/m0/s1. The fourth-order valence-electron chi connectivity index (χ4n) is 2.67. The van der Waals surface area contributed by atoms with Crippen molar-refractivity contribution < 1.29 is 4.79 Å². The summed E-state index contributed by atoms with van der Waals surface area (Å²) >= 11 is 0. The van der Waals surface area contributed by atoms with Crippen LogP contribution < -0.4 is 4.90 Å². The van der Waals surface area contributed by atoms with Gasteiger partial charge in [0.05, 0.1) is 5.56 Å². The maximum Gasteiger partial charge on any atom is 0.257 e. The van der Waals surface area contributed by atoms with E-state index in [9.17, 15) is 4.79 Å². The van der Waals surface area contributed by atoms with Crippen molar-refractivity contribution in [2.24, 2.45) is 0 Å². The highest BCUT2D eigenvalue weighted by Crippen LogP contribution is 2.25. The van der Waals surface area contributed by atoms with Gasteiger partial charge in [0, 0.05) is 57.4 Å². The third-order valence-corrected chi connectivity index (χ3v) is 3.94. The van der Waals surface area contributed by atoms with Crippen molar-refractivity contribution in [3.63, 3.8) is 0 Å². The zero-order valence-corrected chi connectivity index (χ0v) is 13.6. The molecule has 1 aliphatic heterocycles. The number of nitrogens with zero attached hydrogens (tertiary/aromatic N) is 6. The lowest BCUT2D eigenvalue weighted by atomic mass is 10.1. The van der Waals surface area contributed by atoms with Crippen LogP contribution in [0, 0.1) is 6.92 Å². The smallest absolute Gasteiger partial charge is 0.257 e. The van der Waals surface area contributed by atoms with E-state index in [1.807, 2.05) is 32.0 Å². The van der Waals surface area contributed by atoms with Crippen LogP contribution in [0.25, 0.3) is 0 Å². The summed E-state index contributed by atoms with van der Waals surface area (Å²) in [7, 11) is 3.73. The molecule has 3 heterocycles. The van der Waals surface area contributed by atoms with Crippen LogP contribution in [-0.2, 0) is 0 Å². The molecule has 1 amide bonds. The SMILES string of the molecule is Cc1ccnc([C@H]2CCN(C(=O)c3cnc(N(C)C)nc3)C2)n1. The van der Waals surface area contributed by atoms with Crippen LogP contribution in [-0.4, -0.2) is 57.9 Å². The van der Waals surface area contributed by atoms with Gasteiger partial charge in [-0.25, -0.2) is 19.9 Å². The summed E-state index contributed by atoms with van der Waals surface area (Å²) in [6, 6.07) is 1.88. The lowest BCUT2D eigenvalue weighted by Gasteiger charge is -2.16. The molecule has 0 saturated carbocycles. The van der Waals surface area contributed by atoms with E-state index in [0.29, 0.717) is 24.6 Å². The second kappa shape index (κ2) is 6.28. The van der Waals surface area contributed by atoms with Crippen molar-refractivity contribution in [3.8, 4) is 0 Å². The van der Waals surface area contributed by atoms with E-state index < -0.39 is 0 Å². The Morgan fingerprint density at radius 1 is 1.26 bits per heavy atom. The van der Waals surface area contributed by atoms with E-state index in [0.717, 1.165) is 17.9 Å². The van der Waals surface area contributed by atoms with Crippen LogP contribution in [0.3, 0.4) is 0 Å². The van der Waals surface area contributed by atoms with E-state index in [1.54, 1.807) is 23.5 Å². The summed E-state index contributed by atoms with van der Waals surface area (Å²) in [5.74, 6) is 1.57. The van der Waals surface area contributed by atoms with E-state index in [1.165, 1.54) is 0 Å². The van der Waals surface area contributed by atoms with Crippen LogP contribution in [0.4, 0.5) is 5.95 Å². The topological polar surface area (TPSA) is 75.1 Å². The van der Waals surface area contributed by atoms with E-state index >= 15 is 0 Å². The molecular formula is C16H20N6O. The van der Waals surface area contributed by atoms with Crippen molar-refractivity contribution in [1.29, 1.82) is 0 Å². The normalized spacial score (nSPS) is 17.3. The number of aromatic nitrogens is 4. The van der Waals surface area contributed by atoms with E-state index in [2.05, 4.69) is 19.9 Å². The van der Waals surface area contributed by atoms with Gasteiger partial charge in [-0.15, -0.1) is 0 Å². The Hall–Kier alpha value is -2.57. The molecule has 1 aliphatic rings. The molecule has 1 fully saturated rings. The molecule has 3 rings (SSSR count). The Morgan fingerprint density at radius 3 is 2.65 bits per heavy atom. The third kappa shape index (κ3) is 3.28. The van der Waals surface area contributed by atoms with Gasteiger partial charge in [0.1, 0.15) is 5.82 Å². The third-order valence-electron chi connectivity index (χ3n) is 3.94. The first kappa shape index (κ1) is 15.3. The van der Waals surface area contributed by atoms with Crippen molar-refractivity contribution in [2.45, 2.75) is 19.3 Å². The highest BCUT2D eigenvalue weighted by molar-refractivity contribution is 5.93. The van der Waals surface area contributed by atoms with Gasteiger partial charge in [-0.05, 0) is 19.4 Å². The first-order chi connectivity index (χ1) is 11.0. The molecule has 2 aromatic heterocycles. The molecular weight excluding hydrogens is 292 g/mol. The highest BCUT2D eigenvalue weighted by Gasteiger charge is 2.30. The number of hydrogen-bond acceptors (Lipinski definition) is 6. The van der Waals surface area contributed by atoms with Crippen LogP contribution in [0.5, 0.6) is 0 Å². The number of anilines is 1. The van der Waals surface area contributed by atoms with Crippen LogP contribution in [0.15, 0.2) is 24.7 Å². The Kier molecular flexibility index (Phi) is 4.18. The molecule has 120 valence electrons. The van der Waals surface area contributed by atoms with Gasteiger partial charge in [0.2, 0.25) is 5.95 Å². The summed E-state index contributed by atoms with van der Waals surface area (Å²) in [5, 5.41) is 0. The molecule has 0 aliphatic carbocycles. The molecule has 0 spiro atoms. The molecule has 1 saturated heterocycles. The Bertz CT molecular complexity index is 700. The van der Waals surface area contributed by atoms with Gasteiger partial charge < -0.3 is 9.80 Å². The predicted molar refractivity (Wildman–Crippen MR) is 86.4 cm³/mol. The minimum absolute atomic E-state index is 0.0366. The van der Waals surface area contributed by atoms with Crippen molar-refractivity contribution >= 4 is 11.9 Å². The number of hydrogen-bond donors (Lipinski definition) is 0. The lowest BCUT2D eigenvalue weighted by Crippen LogP contribution is -2.29. The summed E-state index contributed by atoms with van der Waals surface area (Å²) in [4.78, 5) is 33.4. The van der Waals surface area contributed by atoms with E-state index in [4.69, 9.17) is 0 Å². The fraction of sp³-hybridized carbons (Fsp3) is 0.438. The molecule has 23 heavy (non-hydrogen) atoms. The second-order valence-electron chi connectivity index (χ2n) is 5.96. The van der Waals surface area contributed by atoms with Crippen molar-refractivity contribution in [2.75, 3.05) is 32.1 Å². The molecule has 0 radical (unpaired) electrons. The summed E-state index contributed by atoms with van der Waals surface area (Å²) in [6.45, 7) is 3.29. The van der Waals surface area contributed by atoms with Gasteiger partial charge in [-0.2, -0.15) is 0 Å². The van der Waals surface area contributed by atoms with Crippen LogP contribution in [0.1, 0.15) is 34.2 Å². The van der Waals surface area contributed by atoms with Crippen LogP contribution >= 0.6 is 0 Å². The van der Waals surface area contributed by atoms with Crippen molar-refractivity contribution in [1.82, 2.24) is 24.8 Å². The number of aryl methyl sites for hydroxylation is 1. The minimum Gasteiger partial charge on any atom is -0.347 e. The molecule has 0 aromatic carbocycles. The zero-order chi connectivity index (χ0) is 16.4. The summed E-state index contributed by atoms with van der Waals surface area (Å²) in [6.07, 6.45) is 5.82. The van der Waals surface area contributed by atoms with Gasteiger partial charge in [-0.1, -0.05) is 0 Å². The number of likely N-dealkylation sites (tertiary alicyclic amines) is 1. The molecule has 7 heteroatoms. The minimum atomic E-state index is -0.0366. The zero-order valence-electron chi connectivity index (χ0n) is 13.6. The number of carbonyl (C=O) groups is 1. The van der Waals surface area contributed by atoms with Gasteiger partial charge in [0.15, 0.2) is 0 Å². The first-order valence-corrected chi connectivity index (χ1v) is 7.63. The Labute approximate surface area is 135 Å². The maximum absolute atomic E-state index is 12.6. The molecule has 1 atom stereocenters. The quantitative estimate of drug-likeness (QED) is 0.849. The summed E-state index contributed by atoms with van der Waals surface area (Å²) in [5.41, 5.74) is 1.47. The average molecular weight is 312 g/mol. The molecule has 2 aromatic rings. The van der Waals surface area contributed by atoms with Crippen molar-refractivity contribution in [3.05, 3.63) is 41.7 Å². The first-order valence-electron chi connectivity index (χ1n) is 7.63. The highest BCUT2D eigenvalue weighted by atomic mass is 16.2. The van der Waals surface area contributed by atoms with Crippen LogP contribution in [0.2, 0.25) is 0 Å². The van der Waals surface area contributed by atoms with Gasteiger partial charge in [0.25, 0.3) is 5.91 Å². The fourth-order valence-corrected chi connectivity index (χ4v) is 2.67. The maximum atomic E-state index is 12.6. The number of carbonyl (C=O) groups excluding carboxylic acids is 1. The molecule has 0 N–H and O–H groups in total. The predicted octanol–water partition coefficient (Wildman–Crippen LogP) is 1.27. The Balaban J connectivity index is 1.69. The number of amides is 1. The largest absolute Gasteiger partial charge is 0.347 e. The lowest BCUT2D eigenvalue weighted by molar-refractivity contribution is 0.0789. The second-order valence-corrected chi connectivity index (χ2v) is 5.96. The van der Waals surface area contributed by atoms with Gasteiger partial charge in [-0.3, -0.25) is 4.79 Å². The number of rotatable bonds is 3.